The Morgan fingerprint density at radius 1 is 1.11 bits per heavy atom. The second-order valence-electron chi connectivity index (χ2n) is 6.12. The van der Waals surface area contributed by atoms with Gasteiger partial charge in [0.25, 0.3) is 0 Å². The van der Waals surface area contributed by atoms with E-state index in [1.807, 2.05) is 6.92 Å². The minimum atomic E-state index is -1.86. The van der Waals surface area contributed by atoms with Gasteiger partial charge in [0.2, 0.25) is 4.84 Å². The van der Waals surface area contributed by atoms with Crippen LogP contribution in [0.3, 0.4) is 0 Å². The number of esters is 1. The van der Waals surface area contributed by atoms with Crippen molar-refractivity contribution < 1.29 is 59.9 Å². The van der Waals surface area contributed by atoms with Gasteiger partial charge in [-0.05, 0) is 6.42 Å². The van der Waals surface area contributed by atoms with Gasteiger partial charge in [0.1, 0.15) is 18.3 Å². The number of hydrogen-bond donors (Lipinski definition) is 4. The Labute approximate surface area is 186 Å². The molecular formula is C15H24Cl2N2O8Pt. The summed E-state index contributed by atoms with van der Waals surface area (Å²) in [6, 6.07) is 0. The first-order valence-corrected chi connectivity index (χ1v) is 9.15. The number of carboxylic acids is 2. The third-order valence-corrected chi connectivity index (χ3v) is 4.65. The summed E-state index contributed by atoms with van der Waals surface area (Å²) >= 11 is 10.4. The first kappa shape index (κ1) is 27.5. The Hall–Kier alpha value is -0.482. The zero-order valence-corrected chi connectivity index (χ0v) is 18.8. The summed E-state index contributed by atoms with van der Waals surface area (Å²) in [6.07, 6.45) is -0.576. The molecule has 1 aliphatic carbocycles. The number of hydrogen-bond acceptors (Lipinski definition) is 8. The van der Waals surface area contributed by atoms with E-state index in [2.05, 4.69) is 4.74 Å². The van der Waals surface area contributed by atoms with E-state index in [1.165, 1.54) is 0 Å². The minimum absolute atomic E-state index is 0. The molecule has 28 heavy (non-hydrogen) atoms. The number of halogens is 2. The van der Waals surface area contributed by atoms with Gasteiger partial charge in [-0.2, -0.15) is 0 Å². The van der Waals surface area contributed by atoms with Crippen LogP contribution in [0.4, 0.5) is 0 Å². The van der Waals surface area contributed by atoms with Crippen molar-refractivity contribution in [2.24, 2.45) is 16.9 Å². The first-order valence-electron chi connectivity index (χ1n) is 8.27. The number of carbonyl (C=O) groups excluding carboxylic acids is 1. The summed E-state index contributed by atoms with van der Waals surface area (Å²) in [5, 5.41) is 17.5. The molecule has 166 valence electrons. The van der Waals surface area contributed by atoms with Gasteiger partial charge in [-0.3, -0.25) is 9.59 Å². The van der Waals surface area contributed by atoms with Gasteiger partial charge >= 0.3 is 17.9 Å². The first-order chi connectivity index (χ1) is 12.6. The number of alkyl halides is 2. The maximum atomic E-state index is 10.9. The van der Waals surface area contributed by atoms with Crippen LogP contribution in [0, 0.1) is 5.41 Å². The molecule has 1 saturated carbocycles. The van der Waals surface area contributed by atoms with Gasteiger partial charge in [-0.25, -0.2) is 4.79 Å². The van der Waals surface area contributed by atoms with Crippen molar-refractivity contribution in [3.63, 3.8) is 0 Å². The quantitative estimate of drug-likeness (QED) is 0.172. The topological polar surface area (TPSA) is 171 Å². The minimum Gasteiger partial charge on any atom is -0.480 e. The monoisotopic (exact) mass is 625 g/mol. The largest absolute Gasteiger partial charge is 0.480 e. The summed E-state index contributed by atoms with van der Waals surface area (Å²) in [6.45, 7) is 2.98. The molecule has 1 saturated heterocycles. The predicted octanol–water partition coefficient (Wildman–Crippen LogP) is 0.0727. The van der Waals surface area contributed by atoms with Crippen LogP contribution in [0.25, 0.3) is 0 Å². The van der Waals surface area contributed by atoms with Crippen molar-refractivity contribution in [3.05, 3.63) is 0 Å². The molecule has 2 aliphatic rings. The van der Waals surface area contributed by atoms with E-state index in [0.717, 1.165) is 6.42 Å². The molecule has 1 heterocycles. The molecule has 0 bridgehead atoms. The van der Waals surface area contributed by atoms with Gasteiger partial charge in [0.05, 0.1) is 0 Å². The molecule has 0 radical (unpaired) electrons. The fraction of sp³-hybridized carbons (Fsp3) is 0.800. The zero-order valence-electron chi connectivity index (χ0n) is 15.0. The van der Waals surface area contributed by atoms with Crippen LogP contribution in [-0.4, -0.2) is 70.6 Å². The molecule has 2 atom stereocenters. The molecule has 2 rings (SSSR count). The van der Waals surface area contributed by atoms with Gasteiger partial charge in [-0.1, -0.05) is 30.1 Å². The van der Waals surface area contributed by atoms with E-state index >= 15 is 0 Å². The van der Waals surface area contributed by atoms with Crippen LogP contribution in [0.15, 0.2) is 0 Å². The second kappa shape index (κ2) is 12.3. The van der Waals surface area contributed by atoms with Crippen LogP contribution in [-0.2, 0) is 49.7 Å². The van der Waals surface area contributed by atoms with Crippen LogP contribution in [0.1, 0.15) is 26.2 Å². The molecular weight excluding hydrogens is 602 g/mol. The Morgan fingerprint density at radius 2 is 1.54 bits per heavy atom. The van der Waals surface area contributed by atoms with Crippen molar-refractivity contribution >= 4 is 41.1 Å². The van der Waals surface area contributed by atoms with Crippen molar-refractivity contribution in [2.45, 2.75) is 55.6 Å². The van der Waals surface area contributed by atoms with Crippen LogP contribution < -0.4 is 11.5 Å². The number of nitrogens with two attached hydrogens (primary N) is 2. The summed E-state index contributed by atoms with van der Waals surface area (Å²) in [5.74, 6) is -3.79. The predicted molar refractivity (Wildman–Crippen MR) is 94.2 cm³/mol. The zero-order chi connectivity index (χ0) is 20.8. The molecule has 0 aromatic heterocycles. The SMILES string of the molecule is CCC1O[C@H](CN)[C@@H](CN)O1.O=C(OC1CC(C(=O)O)(C(=O)O)C1)C(Cl)Cl.[Pt]. The van der Waals surface area contributed by atoms with Crippen molar-refractivity contribution in [1.82, 2.24) is 0 Å². The average molecular weight is 626 g/mol. The number of aliphatic carboxylic acids is 2. The standard InChI is InChI=1S/C8H8Cl2O6.C7H16N2O2.Pt/c9-4(10)5(11)16-3-1-8(2-3,6(12)13)7(14)15;1-2-7-10-5(3-8)6(4-9)11-7;/h3-4H,1-2H2,(H,12,13)(H,14,15);5-7H,2-4,8-9H2,1H3;/t;5-,6-;/m.1./s1. The van der Waals surface area contributed by atoms with E-state index < -0.39 is 34.3 Å². The van der Waals surface area contributed by atoms with Crippen molar-refractivity contribution in [3.8, 4) is 0 Å². The van der Waals surface area contributed by atoms with Crippen molar-refractivity contribution in [2.75, 3.05) is 13.1 Å². The molecule has 2 fully saturated rings. The molecule has 0 amide bonds. The third kappa shape index (κ3) is 6.79. The normalized spacial score (nSPS) is 23.8. The van der Waals surface area contributed by atoms with Crippen molar-refractivity contribution in [1.29, 1.82) is 0 Å². The number of carboxylic acid groups (broad SMARTS) is 2. The molecule has 6 N–H and O–H groups in total. The Kier molecular flexibility index (Phi) is 12.1. The number of ether oxygens (including phenoxy) is 3. The molecule has 1 aliphatic heterocycles. The Morgan fingerprint density at radius 3 is 1.82 bits per heavy atom. The second-order valence-corrected chi connectivity index (χ2v) is 7.21. The van der Waals surface area contributed by atoms with E-state index in [1.54, 1.807) is 0 Å². The van der Waals surface area contributed by atoms with E-state index in [9.17, 15) is 14.4 Å². The van der Waals surface area contributed by atoms with Gasteiger partial charge in [0, 0.05) is 47.0 Å². The molecule has 0 aromatic carbocycles. The third-order valence-electron chi connectivity index (χ3n) is 4.30. The molecule has 13 heteroatoms. The summed E-state index contributed by atoms with van der Waals surface area (Å²) in [5.41, 5.74) is 9.05. The van der Waals surface area contributed by atoms with Crippen LogP contribution in [0.5, 0.6) is 0 Å². The maximum Gasteiger partial charge on any atom is 0.339 e. The molecule has 10 nitrogen and oxygen atoms in total. The Balaban J connectivity index is 0.000000535. The number of carbonyl (C=O) groups is 3. The fourth-order valence-corrected chi connectivity index (χ4v) is 2.76. The van der Waals surface area contributed by atoms with E-state index in [4.69, 9.17) is 54.4 Å². The Bertz CT molecular complexity index is 520. The van der Waals surface area contributed by atoms with Crippen LogP contribution >= 0.6 is 23.2 Å². The molecule has 0 spiro atoms. The number of rotatable bonds is 7. The van der Waals surface area contributed by atoms with Gasteiger partial charge in [-0.15, -0.1) is 0 Å². The molecule has 0 unspecified atom stereocenters. The fourth-order valence-electron chi connectivity index (χ4n) is 2.66. The maximum absolute atomic E-state index is 10.9. The summed E-state index contributed by atoms with van der Waals surface area (Å²) in [7, 11) is 0. The average Bonchev–Trinajstić information content (AvgIpc) is 2.99. The smallest absolute Gasteiger partial charge is 0.339 e. The van der Waals surface area contributed by atoms with Gasteiger partial charge in [0.15, 0.2) is 11.7 Å². The summed E-state index contributed by atoms with van der Waals surface area (Å²) < 4.78 is 15.5. The van der Waals surface area contributed by atoms with E-state index in [-0.39, 0.29) is 52.4 Å². The van der Waals surface area contributed by atoms with E-state index in [0.29, 0.717) is 13.1 Å². The van der Waals surface area contributed by atoms with Crippen LogP contribution in [0.2, 0.25) is 0 Å². The summed E-state index contributed by atoms with van der Waals surface area (Å²) in [4.78, 5) is 31.0. The molecule has 0 aromatic rings. The van der Waals surface area contributed by atoms with Gasteiger partial charge < -0.3 is 35.9 Å².